The minimum absolute atomic E-state index is 0.0190. The molecule has 1 aliphatic heterocycles. The zero-order valence-corrected chi connectivity index (χ0v) is 16.6. The third kappa shape index (κ3) is 3.48. The van der Waals surface area contributed by atoms with E-state index < -0.39 is 5.92 Å². The summed E-state index contributed by atoms with van der Waals surface area (Å²) in [6.45, 7) is 0. The summed E-state index contributed by atoms with van der Waals surface area (Å²) in [4.78, 5) is 13.2. The number of ketones is 1. The van der Waals surface area contributed by atoms with Gasteiger partial charge in [0.15, 0.2) is 5.78 Å². The standard InChI is InChI=1S/C23H19ClN2O3/c1-28-17-8-4-13(5-9-17)15-10-19(27)22-20(11-15)29-23(26)18(12-25)21(22)14-2-6-16(24)7-3-14/h2-9,15,21H,10-11,26H2,1H3/t15-,21+/m1/s1. The van der Waals surface area contributed by atoms with E-state index in [0.717, 1.165) is 16.9 Å². The Hall–Kier alpha value is -3.23. The smallest absolute Gasteiger partial charge is 0.205 e. The van der Waals surface area contributed by atoms with Crippen molar-refractivity contribution in [3.8, 4) is 11.8 Å². The lowest BCUT2D eigenvalue weighted by molar-refractivity contribution is -0.117. The molecule has 1 heterocycles. The van der Waals surface area contributed by atoms with Gasteiger partial charge in [0.25, 0.3) is 0 Å². The van der Waals surface area contributed by atoms with Crippen LogP contribution in [0.4, 0.5) is 0 Å². The molecular formula is C23H19ClN2O3. The minimum atomic E-state index is -0.537. The number of methoxy groups -OCH3 is 1. The fourth-order valence-corrected chi connectivity index (χ4v) is 4.13. The van der Waals surface area contributed by atoms with E-state index in [0.29, 0.717) is 29.2 Å². The molecule has 0 radical (unpaired) electrons. The number of ether oxygens (including phenoxy) is 2. The molecule has 2 aromatic carbocycles. The lowest BCUT2D eigenvalue weighted by atomic mass is 9.73. The van der Waals surface area contributed by atoms with Crippen molar-refractivity contribution in [1.82, 2.24) is 0 Å². The number of allylic oxidation sites excluding steroid dienone is 3. The van der Waals surface area contributed by atoms with Gasteiger partial charge in [-0.3, -0.25) is 4.79 Å². The molecule has 4 rings (SSSR count). The topological polar surface area (TPSA) is 85.3 Å². The number of nitrogens with zero attached hydrogens (tertiary/aromatic N) is 1. The second-order valence-electron chi connectivity index (χ2n) is 7.11. The predicted molar refractivity (Wildman–Crippen MR) is 109 cm³/mol. The third-order valence-electron chi connectivity index (χ3n) is 5.45. The molecule has 0 amide bonds. The molecule has 0 bridgehead atoms. The second kappa shape index (κ2) is 7.65. The number of hydrogen-bond donors (Lipinski definition) is 1. The molecule has 2 aromatic rings. The van der Waals surface area contributed by atoms with Gasteiger partial charge in [-0.1, -0.05) is 35.9 Å². The van der Waals surface area contributed by atoms with Gasteiger partial charge in [-0.25, -0.2) is 0 Å². The van der Waals surface area contributed by atoms with Crippen molar-refractivity contribution in [2.24, 2.45) is 5.73 Å². The average molecular weight is 407 g/mol. The van der Waals surface area contributed by atoms with Gasteiger partial charge in [0.2, 0.25) is 5.88 Å². The van der Waals surface area contributed by atoms with E-state index in [4.69, 9.17) is 26.8 Å². The monoisotopic (exact) mass is 406 g/mol. The minimum Gasteiger partial charge on any atom is -0.497 e. The molecule has 29 heavy (non-hydrogen) atoms. The molecule has 1 aliphatic carbocycles. The van der Waals surface area contributed by atoms with Crippen LogP contribution in [0.25, 0.3) is 0 Å². The second-order valence-corrected chi connectivity index (χ2v) is 7.55. The fourth-order valence-electron chi connectivity index (χ4n) is 4.01. The summed E-state index contributed by atoms with van der Waals surface area (Å²) < 4.78 is 11.0. The van der Waals surface area contributed by atoms with E-state index in [9.17, 15) is 10.1 Å². The number of carbonyl (C=O) groups is 1. The largest absolute Gasteiger partial charge is 0.497 e. The van der Waals surface area contributed by atoms with Crippen molar-refractivity contribution in [1.29, 1.82) is 5.26 Å². The lowest BCUT2D eigenvalue weighted by Gasteiger charge is -2.34. The Morgan fingerprint density at radius 2 is 1.76 bits per heavy atom. The molecule has 2 atom stereocenters. The van der Waals surface area contributed by atoms with E-state index in [1.54, 1.807) is 19.2 Å². The van der Waals surface area contributed by atoms with Crippen LogP contribution in [-0.2, 0) is 9.53 Å². The van der Waals surface area contributed by atoms with E-state index in [2.05, 4.69) is 6.07 Å². The number of rotatable bonds is 3. The van der Waals surface area contributed by atoms with Crippen LogP contribution in [0.15, 0.2) is 71.3 Å². The number of Topliss-reactive ketones (excluding diaryl/α,β-unsaturated/α-hetero) is 1. The number of nitriles is 1. The fraction of sp³-hybridized carbons (Fsp3) is 0.217. The van der Waals surface area contributed by atoms with Gasteiger partial charge in [-0.15, -0.1) is 0 Å². The van der Waals surface area contributed by atoms with E-state index in [-0.39, 0.29) is 23.2 Å². The van der Waals surface area contributed by atoms with Crippen LogP contribution in [0.3, 0.4) is 0 Å². The molecule has 0 unspecified atom stereocenters. The van der Waals surface area contributed by atoms with Crippen LogP contribution in [0.1, 0.15) is 35.8 Å². The Labute approximate surface area is 174 Å². The molecule has 146 valence electrons. The lowest BCUT2D eigenvalue weighted by Crippen LogP contribution is -2.29. The Morgan fingerprint density at radius 3 is 2.38 bits per heavy atom. The molecule has 0 saturated carbocycles. The summed E-state index contributed by atoms with van der Waals surface area (Å²) in [5.74, 6) is 0.762. The first-order chi connectivity index (χ1) is 14.0. The highest BCUT2D eigenvalue weighted by molar-refractivity contribution is 6.30. The molecule has 2 aliphatic rings. The van der Waals surface area contributed by atoms with Crippen molar-refractivity contribution in [2.45, 2.75) is 24.7 Å². The van der Waals surface area contributed by atoms with Gasteiger partial charge in [0, 0.05) is 23.4 Å². The maximum absolute atomic E-state index is 13.2. The van der Waals surface area contributed by atoms with Crippen LogP contribution in [0.2, 0.25) is 5.02 Å². The molecular weight excluding hydrogens is 388 g/mol. The van der Waals surface area contributed by atoms with Crippen LogP contribution in [-0.4, -0.2) is 12.9 Å². The van der Waals surface area contributed by atoms with Gasteiger partial charge >= 0.3 is 0 Å². The molecule has 0 aromatic heterocycles. The third-order valence-corrected chi connectivity index (χ3v) is 5.70. The molecule has 0 saturated heterocycles. The van der Waals surface area contributed by atoms with Crippen molar-refractivity contribution in [3.05, 3.63) is 87.5 Å². The van der Waals surface area contributed by atoms with Crippen LogP contribution in [0, 0.1) is 11.3 Å². The molecule has 2 N–H and O–H groups in total. The average Bonchev–Trinajstić information content (AvgIpc) is 2.73. The summed E-state index contributed by atoms with van der Waals surface area (Å²) >= 11 is 6.01. The zero-order valence-electron chi connectivity index (χ0n) is 15.8. The maximum atomic E-state index is 13.2. The molecule has 0 fully saturated rings. The molecule has 5 nitrogen and oxygen atoms in total. The quantitative estimate of drug-likeness (QED) is 0.807. The Kier molecular flexibility index (Phi) is 5.04. The molecule has 6 heteroatoms. The SMILES string of the molecule is COc1ccc([C@@H]2CC(=O)C3=C(C2)OC(N)=C(C#N)[C@@H]3c2ccc(Cl)cc2)cc1. The van der Waals surface area contributed by atoms with E-state index in [1.165, 1.54) is 0 Å². The highest BCUT2D eigenvalue weighted by Crippen LogP contribution is 2.46. The number of nitrogens with two attached hydrogens (primary N) is 1. The maximum Gasteiger partial charge on any atom is 0.205 e. The first-order valence-corrected chi connectivity index (χ1v) is 9.63. The van der Waals surface area contributed by atoms with Crippen molar-refractivity contribution < 1.29 is 14.3 Å². The van der Waals surface area contributed by atoms with Crippen LogP contribution >= 0.6 is 11.6 Å². The van der Waals surface area contributed by atoms with E-state index >= 15 is 0 Å². The van der Waals surface area contributed by atoms with E-state index in [1.807, 2.05) is 36.4 Å². The summed E-state index contributed by atoms with van der Waals surface area (Å²) in [5, 5.41) is 10.2. The van der Waals surface area contributed by atoms with Gasteiger partial charge < -0.3 is 15.2 Å². The van der Waals surface area contributed by atoms with Crippen LogP contribution < -0.4 is 10.5 Å². The van der Waals surface area contributed by atoms with Gasteiger partial charge in [0.05, 0.1) is 13.0 Å². The van der Waals surface area contributed by atoms with Crippen molar-refractivity contribution >= 4 is 17.4 Å². The summed E-state index contributed by atoms with van der Waals surface area (Å²) in [7, 11) is 1.62. The summed E-state index contributed by atoms with van der Waals surface area (Å²) in [5.41, 5.74) is 8.66. The number of halogens is 1. The highest BCUT2D eigenvalue weighted by Gasteiger charge is 2.40. The predicted octanol–water partition coefficient (Wildman–Crippen LogP) is 4.56. The Morgan fingerprint density at radius 1 is 1.10 bits per heavy atom. The normalized spacial score (nSPS) is 21.3. The first kappa shape index (κ1) is 19.1. The van der Waals surface area contributed by atoms with Gasteiger partial charge in [0.1, 0.15) is 23.2 Å². The van der Waals surface area contributed by atoms with Crippen molar-refractivity contribution in [3.63, 3.8) is 0 Å². The van der Waals surface area contributed by atoms with Crippen LogP contribution in [0.5, 0.6) is 5.75 Å². The summed E-state index contributed by atoms with van der Waals surface area (Å²) in [6, 6.07) is 16.9. The number of hydrogen-bond acceptors (Lipinski definition) is 5. The summed E-state index contributed by atoms with van der Waals surface area (Å²) in [6.07, 6.45) is 0.883. The Bertz CT molecular complexity index is 1060. The number of benzene rings is 2. The zero-order chi connectivity index (χ0) is 20.5. The first-order valence-electron chi connectivity index (χ1n) is 9.25. The van der Waals surface area contributed by atoms with Crippen molar-refractivity contribution in [2.75, 3.05) is 7.11 Å². The number of carbonyl (C=O) groups excluding carboxylic acids is 1. The highest BCUT2D eigenvalue weighted by atomic mass is 35.5. The van der Waals surface area contributed by atoms with Gasteiger partial charge in [-0.05, 0) is 41.3 Å². The molecule has 0 spiro atoms. The Balaban J connectivity index is 1.74. The van der Waals surface area contributed by atoms with Gasteiger partial charge in [-0.2, -0.15) is 5.26 Å².